The van der Waals surface area contributed by atoms with E-state index < -0.39 is 0 Å². The Morgan fingerprint density at radius 2 is 1.58 bits per heavy atom. The molecule has 19 heavy (non-hydrogen) atoms. The van der Waals surface area contributed by atoms with E-state index in [4.69, 9.17) is 0 Å². The van der Waals surface area contributed by atoms with E-state index in [-0.39, 0.29) is 5.78 Å². The second-order valence-electron chi connectivity index (χ2n) is 4.25. The lowest BCUT2D eigenvalue weighted by atomic mass is 10.1. The van der Waals surface area contributed by atoms with Gasteiger partial charge in [0.05, 0.1) is 5.69 Å². The van der Waals surface area contributed by atoms with Gasteiger partial charge in [-0.3, -0.25) is 4.79 Å². The monoisotopic (exact) mass is 377 g/mol. The number of fused-ring (bicyclic) bond motifs is 1. The molecule has 0 unspecified atom stereocenters. The third-order valence-corrected chi connectivity index (χ3v) is 3.96. The quantitative estimate of drug-likeness (QED) is 0.630. The fourth-order valence-corrected chi connectivity index (χ4v) is 2.63. The summed E-state index contributed by atoms with van der Waals surface area (Å²) in [5.74, 6) is -0.000164. The maximum atomic E-state index is 12.4. The molecule has 0 bridgehead atoms. The standard InChI is InChI=1S/C15H9Br2NO/c16-11-3-1-9(2-4-11)15(19)14-8-10-7-12(17)5-6-13(10)18-14/h1-8,18H. The summed E-state index contributed by atoms with van der Waals surface area (Å²) in [6, 6.07) is 15.1. The molecule has 94 valence electrons. The minimum absolute atomic E-state index is 0.000164. The molecule has 4 heteroatoms. The zero-order valence-corrected chi connectivity index (χ0v) is 13.0. The molecule has 2 nitrogen and oxygen atoms in total. The van der Waals surface area contributed by atoms with Crippen molar-refractivity contribution in [3.63, 3.8) is 0 Å². The molecule has 3 rings (SSSR count). The van der Waals surface area contributed by atoms with Crippen LogP contribution in [0.5, 0.6) is 0 Å². The van der Waals surface area contributed by atoms with Crippen molar-refractivity contribution in [2.24, 2.45) is 0 Å². The van der Waals surface area contributed by atoms with Gasteiger partial charge in [0.1, 0.15) is 0 Å². The molecule has 1 heterocycles. The van der Waals surface area contributed by atoms with Gasteiger partial charge in [0.2, 0.25) is 5.78 Å². The van der Waals surface area contributed by atoms with E-state index in [9.17, 15) is 4.79 Å². The summed E-state index contributed by atoms with van der Waals surface area (Å²) in [6.45, 7) is 0. The number of carbonyl (C=O) groups excluding carboxylic acids is 1. The number of hydrogen-bond donors (Lipinski definition) is 1. The first-order valence-corrected chi connectivity index (χ1v) is 7.30. The number of H-pyrrole nitrogens is 1. The highest BCUT2D eigenvalue weighted by atomic mass is 79.9. The van der Waals surface area contributed by atoms with Crippen molar-refractivity contribution < 1.29 is 4.79 Å². The fraction of sp³-hybridized carbons (Fsp3) is 0. The predicted molar refractivity (Wildman–Crippen MR) is 83.6 cm³/mol. The predicted octanol–water partition coefficient (Wildman–Crippen LogP) is 4.92. The molecule has 0 radical (unpaired) electrons. The zero-order valence-electron chi connectivity index (χ0n) is 9.78. The Labute approximate surface area is 127 Å². The van der Waals surface area contributed by atoms with Crippen LogP contribution >= 0.6 is 31.9 Å². The van der Waals surface area contributed by atoms with Crippen LogP contribution in [0.2, 0.25) is 0 Å². The Balaban J connectivity index is 2.04. The molecule has 0 spiro atoms. The van der Waals surface area contributed by atoms with Crippen LogP contribution in [-0.4, -0.2) is 10.8 Å². The van der Waals surface area contributed by atoms with E-state index in [0.717, 1.165) is 19.8 Å². The van der Waals surface area contributed by atoms with Crippen molar-refractivity contribution in [3.8, 4) is 0 Å². The van der Waals surface area contributed by atoms with Crippen molar-refractivity contribution in [3.05, 3.63) is 68.7 Å². The molecule has 1 N–H and O–H groups in total. The highest BCUT2D eigenvalue weighted by molar-refractivity contribution is 9.10. The Hall–Kier alpha value is -1.39. The van der Waals surface area contributed by atoms with Crippen LogP contribution in [0.25, 0.3) is 10.9 Å². The van der Waals surface area contributed by atoms with Crippen molar-refractivity contribution >= 4 is 48.5 Å². The van der Waals surface area contributed by atoms with E-state index >= 15 is 0 Å². The summed E-state index contributed by atoms with van der Waals surface area (Å²) in [5, 5.41) is 1.02. The van der Waals surface area contributed by atoms with Crippen molar-refractivity contribution in [2.75, 3.05) is 0 Å². The third kappa shape index (κ3) is 2.51. The van der Waals surface area contributed by atoms with Gasteiger partial charge < -0.3 is 4.98 Å². The maximum absolute atomic E-state index is 12.4. The van der Waals surface area contributed by atoms with E-state index in [1.807, 2.05) is 48.5 Å². The Morgan fingerprint density at radius 3 is 2.32 bits per heavy atom. The van der Waals surface area contributed by atoms with Crippen LogP contribution in [0.15, 0.2) is 57.5 Å². The summed E-state index contributed by atoms with van der Waals surface area (Å²) in [7, 11) is 0. The molecule has 0 fully saturated rings. The van der Waals surface area contributed by atoms with E-state index in [1.165, 1.54) is 0 Å². The molecule has 2 aromatic carbocycles. The Bertz CT molecular complexity index is 759. The van der Waals surface area contributed by atoms with Gasteiger partial charge in [-0.2, -0.15) is 0 Å². The molecule has 0 atom stereocenters. The summed E-state index contributed by atoms with van der Waals surface area (Å²) in [4.78, 5) is 15.5. The Morgan fingerprint density at radius 1 is 0.895 bits per heavy atom. The van der Waals surface area contributed by atoms with Gasteiger partial charge in [-0.1, -0.05) is 31.9 Å². The summed E-state index contributed by atoms with van der Waals surface area (Å²) in [5.41, 5.74) is 2.24. The number of benzene rings is 2. The van der Waals surface area contributed by atoms with Crippen LogP contribution in [0.1, 0.15) is 16.1 Å². The first-order chi connectivity index (χ1) is 9.13. The second kappa shape index (κ2) is 4.94. The molecule has 0 aliphatic rings. The molecule has 0 saturated carbocycles. The molecule has 0 aliphatic carbocycles. The molecule has 1 aromatic heterocycles. The van der Waals surface area contributed by atoms with Crippen LogP contribution < -0.4 is 0 Å². The zero-order chi connectivity index (χ0) is 13.4. The van der Waals surface area contributed by atoms with E-state index in [1.54, 1.807) is 0 Å². The van der Waals surface area contributed by atoms with Crippen molar-refractivity contribution in [1.82, 2.24) is 4.98 Å². The smallest absolute Gasteiger partial charge is 0.209 e. The number of ketones is 1. The minimum atomic E-state index is -0.000164. The van der Waals surface area contributed by atoms with Gasteiger partial charge in [0.15, 0.2) is 0 Å². The van der Waals surface area contributed by atoms with Crippen molar-refractivity contribution in [1.29, 1.82) is 0 Å². The topological polar surface area (TPSA) is 32.9 Å². The average molecular weight is 379 g/mol. The van der Waals surface area contributed by atoms with Gasteiger partial charge in [-0.25, -0.2) is 0 Å². The highest BCUT2D eigenvalue weighted by Crippen LogP contribution is 2.22. The lowest BCUT2D eigenvalue weighted by Gasteiger charge is -1.98. The normalized spacial score (nSPS) is 10.8. The number of rotatable bonds is 2. The van der Waals surface area contributed by atoms with Gasteiger partial charge in [-0.15, -0.1) is 0 Å². The molecule has 0 amide bonds. The maximum Gasteiger partial charge on any atom is 0.209 e. The summed E-state index contributed by atoms with van der Waals surface area (Å²) < 4.78 is 1.96. The lowest BCUT2D eigenvalue weighted by molar-refractivity contribution is 0.103. The fourth-order valence-electron chi connectivity index (χ4n) is 1.98. The summed E-state index contributed by atoms with van der Waals surface area (Å²) >= 11 is 6.79. The first-order valence-electron chi connectivity index (χ1n) is 5.72. The number of nitrogens with one attached hydrogen (secondary N) is 1. The van der Waals surface area contributed by atoms with Crippen LogP contribution in [0, 0.1) is 0 Å². The molecule has 0 saturated heterocycles. The number of hydrogen-bond acceptors (Lipinski definition) is 1. The second-order valence-corrected chi connectivity index (χ2v) is 6.08. The first kappa shape index (κ1) is 12.6. The number of aromatic amines is 1. The molecule has 3 aromatic rings. The van der Waals surface area contributed by atoms with Gasteiger partial charge in [0, 0.05) is 25.4 Å². The molecule has 0 aliphatic heterocycles. The van der Waals surface area contributed by atoms with Crippen molar-refractivity contribution in [2.45, 2.75) is 0 Å². The molecular weight excluding hydrogens is 370 g/mol. The minimum Gasteiger partial charge on any atom is -0.352 e. The van der Waals surface area contributed by atoms with E-state index in [2.05, 4.69) is 36.8 Å². The van der Waals surface area contributed by atoms with E-state index in [0.29, 0.717) is 11.3 Å². The van der Waals surface area contributed by atoms with Gasteiger partial charge in [-0.05, 0) is 48.5 Å². The van der Waals surface area contributed by atoms with Gasteiger partial charge in [0.25, 0.3) is 0 Å². The number of halogens is 2. The molecular formula is C15H9Br2NO. The van der Waals surface area contributed by atoms with Gasteiger partial charge >= 0.3 is 0 Å². The largest absolute Gasteiger partial charge is 0.352 e. The van der Waals surface area contributed by atoms with Crippen LogP contribution in [-0.2, 0) is 0 Å². The average Bonchev–Trinajstić information content (AvgIpc) is 2.81. The third-order valence-electron chi connectivity index (χ3n) is 2.93. The lowest BCUT2D eigenvalue weighted by Crippen LogP contribution is -2.00. The highest BCUT2D eigenvalue weighted by Gasteiger charge is 2.12. The number of carbonyl (C=O) groups is 1. The van der Waals surface area contributed by atoms with Crippen LogP contribution in [0.3, 0.4) is 0 Å². The summed E-state index contributed by atoms with van der Waals surface area (Å²) in [6.07, 6.45) is 0. The Kier molecular flexibility index (Phi) is 3.29. The van der Waals surface area contributed by atoms with Crippen LogP contribution in [0.4, 0.5) is 0 Å². The SMILES string of the molecule is O=C(c1ccc(Br)cc1)c1cc2cc(Br)ccc2[nH]1. The number of aromatic nitrogens is 1.